The van der Waals surface area contributed by atoms with Crippen LogP contribution in [0.15, 0.2) is 35.7 Å². The van der Waals surface area contributed by atoms with Crippen LogP contribution in [0.4, 0.5) is 5.69 Å². The minimum atomic E-state index is 0.917. The van der Waals surface area contributed by atoms with E-state index in [1.165, 1.54) is 5.56 Å². The maximum Gasteiger partial charge on any atom is 0.190 e. The van der Waals surface area contributed by atoms with Crippen molar-refractivity contribution in [3.63, 3.8) is 0 Å². The summed E-state index contributed by atoms with van der Waals surface area (Å²) in [6.45, 7) is 3.01. The molecule has 0 saturated carbocycles. The van der Waals surface area contributed by atoms with Crippen molar-refractivity contribution in [2.24, 2.45) is 7.05 Å². The second-order valence-electron chi connectivity index (χ2n) is 3.87. The summed E-state index contributed by atoms with van der Waals surface area (Å²) in [5, 5.41) is 12.2. The zero-order valence-corrected chi connectivity index (χ0v) is 10.9. The van der Waals surface area contributed by atoms with Crippen molar-refractivity contribution in [1.82, 2.24) is 14.8 Å². The minimum Gasteiger partial charge on any atom is -0.384 e. The molecule has 1 aromatic heterocycles. The van der Waals surface area contributed by atoms with E-state index in [-0.39, 0.29) is 0 Å². The molecule has 0 atom stereocenters. The van der Waals surface area contributed by atoms with Crippen molar-refractivity contribution in [1.29, 1.82) is 0 Å². The molecule has 0 aliphatic rings. The quantitative estimate of drug-likeness (QED) is 0.651. The molecule has 0 bridgehead atoms. The van der Waals surface area contributed by atoms with Gasteiger partial charge in [-0.15, -0.1) is 10.2 Å². The lowest BCUT2D eigenvalue weighted by Crippen LogP contribution is -2.04. The van der Waals surface area contributed by atoms with Crippen LogP contribution in [-0.2, 0) is 7.05 Å². The van der Waals surface area contributed by atoms with Crippen LogP contribution in [0.1, 0.15) is 5.56 Å². The van der Waals surface area contributed by atoms with E-state index in [1.54, 1.807) is 18.1 Å². The predicted molar refractivity (Wildman–Crippen MR) is 71.4 cm³/mol. The zero-order valence-electron chi connectivity index (χ0n) is 10.1. The lowest BCUT2D eigenvalue weighted by molar-refractivity contribution is 0.788. The molecule has 0 aliphatic heterocycles. The fourth-order valence-electron chi connectivity index (χ4n) is 1.41. The highest BCUT2D eigenvalue weighted by Crippen LogP contribution is 2.13. The van der Waals surface area contributed by atoms with Gasteiger partial charge in [0.1, 0.15) is 6.33 Å². The molecule has 2 rings (SSSR count). The number of hydrogen-bond acceptors (Lipinski definition) is 4. The summed E-state index contributed by atoms with van der Waals surface area (Å²) in [5.74, 6) is 0.973. The van der Waals surface area contributed by atoms with E-state index >= 15 is 0 Å². The fraction of sp³-hybridized carbons (Fsp3) is 0.333. The maximum absolute atomic E-state index is 4.02. The van der Waals surface area contributed by atoms with Crippen LogP contribution in [0.25, 0.3) is 0 Å². The van der Waals surface area contributed by atoms with Crippen LogP contribution < -0.4 is 5.32 Å². The Labute approximate surface area is 105 Å². The number of hydrogen-bond donors (Lipinski definition) is 1. The number of thioether (sulfide) groups is 1. The number of aromatic nitrogens is 3. The Balaban J connectivity index is 1.73. The first-order valence-electron chi connectivity index (χ1n) is 5.53. The smallest absolute Gasteiger partial charge is 0.190 e. The molecule has 0 unspecified atom stereocenters. The van der Waals surface area contributed by atoms with Crippen molar-refractivity contribution in [2.75, 3.05) is 17.6 Å². The Morgan fingerprint density at radius 1 is 1.29 bits per heavy atom. The summed E-state index contributed by atoms with van der Waals surface area (Å²) >= 11 is 1.70. The molecule has 1 heterocycles. The van der Waals surface area contributed by atoms with Gasteiger partial charge in [0.15, 0.2) is 5.16 Å². The first kappa shape index (κ1) is 12.0. The summed E-state index contributed by atoms with van der Waals surface area (Å²) in [6, 6.07) is 8.42. The van der Waals surface area contributed by atoms with E-state index < -0.39 is 0 Å². The van der Waals surface area contributed by atoms with Gasteiger partial charge in [-0.2, -0.15) is 0 Å². The second kappa shape index (κ2) is 5.72. The largest absolute Gasteiger partial charge is 0.384 e. The van der Waals surface area contributed by atoms with E-state index in [9.17, 15) is 0 Å². The van der Waals surface area contributed by atoms with Gasteiger partial charge in [-0.3, -0.25) is 0 Å². The molecule has 1 aromatic carbocycles. The SMILES string of the molecule is Cc1ccc(NCCSc2nncn2C)cc1. The van der Waals surface area contributed by atoms with Gasteiger partial charge in [-0.05, 0) is 19.1 Å². The van der Waals surface area contributed by atoms with Gasteiger partial charge in [0.2, 0.25) is 0 Å². The van der Waals surface area contributed by atoms with Gasteiger partial charge in [-0.25, -0.2) is 0 Å². The Morgan fingerprint density at radius 2 is 2.06 bits per heavy atom. The van der Waals surface area contributed by atoms with E-state index in [0.717, 1.165) is 23.1 Å². The molecule has 4 nitrogen and oxygen atoms in total. The number of aryl methyl sites for hydroxylation is 2. The molecule has 0 amide bonds. The molecule has 0 spiro atoms. The Hall–Kier alpha value is -1.49. The number of nitrogens with one attached hydrogen (secondary N) is 1. The van der Waals surface area contributed by atoms with Crippen LogP contribution in [-0.4, -0.2) is 27.1 Å². The second-order valence-corrected chi connectivity index (χ2v) is 4.93. The van der Waals surface area contributed by atoms with Crippen molar-refractivity contribution in [2.45, 2.75) is 12.1 Å². The number of rotatable bonds is 5. The third-order valence-electron chi connectivity index (χ3n) is 2.38. The summed E-state index contributed by atoms with van der Waals surface area (Å²) in [4.78, 5) is 0. The standard InChI is InChI=1S/C12H16N4S/c1-10-3-5-11(6-4-10)13-7-8-17-12-15-14-9-16(12)2/h3-6,9,13H,7-8H2,1-2H3. The Morgan fingerprint density at radius 3 is 2.71 bits per heavy atom. The molecular formula is C12H16N4S. The first-order valence-corrected chi connectivity index (χ1v) is 6.51. The van der Waals surface area contributed by atoms with Crippen LogP contribution >= 0.6 is 11.8 Å². The highest BCUT2D eigenvalue weighted by atomic mass is 32.2. The highest BCUT2D eigenvalue weighted by molar-refractivity contribution is 7.99. The van der Waals surface area contributed by atoms with E-state index in [1.807, 2.05) is 11.6 Å². The number of benzene rings is 1. The minimum absolute atomic E-state index is 0.917. The maximum atomic E-state index is 4.02. The molecule has 0 saturated heterocycles. The van der Waals surface area contributed by atoms with Crippen LogP contribution in [0.2, 0.25) is 0 Å². The molecule has 0 fully saturated rings. The van der Waals surface area contributed by atoms with Crippen LogP contribution in [0.3, 0.4) is 0 Å². The van der Waals surface area contributed by atoms with Gasteiger partial charge in [0, 0.05) is 25.0 Å². The van der Waals surface area contributed by atoms with Gasteiger partial charge in [-0.1, -0.05) is 29.5 Å². The van der Waals surface area contributed by atoms with Gasteiger partial charge >= 0.3 is 0 Å². The summed E-state index contributed by atoms with van der Waals surface area (Å²) in [6.07, 6.45) is 1.72. The van der Waals surface area contributed by atoms with E-state index in [2.05, 4.69) is 46.7 Å². The predicted octanol–water partition coefficient (Wildman–Crippen LogP) is 2.33. The fourth-order valence-corrected chi connectivity index (χ4v) is 2.15. The van der Waals surface area contributed by atoms with Gasteiger partial charge in [0.05, 0.1) is 0 Å². The highest BCUT2D eigenvalue weighted by Gasteiger charge is 2.00. The monoisotopic (exact) mass is 248 g/mol. The molecule has 0 aliphatic carbocycles. The third-order valence-corrected chi connectivity index (χ3v) is 3.42. The van der Waals surface area contributed by atoms with Crippen molar-refractivity contribution in [3.05, 3.63) is 36.2 Å². The first-order chi connectivity index (χ1) is 8.25. The average Bonchev–Trinajstić information content (AvgIpc) is 2.73. The molecule has 90 valence electrons. The average molecular weight is 248 g/mol. The number of anilines is 1. The summed E-state index contributed by atoms with van der Waals surface area (Å²) in [7, 11) is 1.95. The van der Waals surface area contributed by atoms with E-state index in [4.69, 9.17) is 0 Å². The Bertz CT molecular complexity index is 464. The molecular weight excluding hydrogens is 232 g/mol. The molecule has 17 heavy (non-hydrogen) atoms. The van der Waals surface area contributed by atoms with E-state index in [0.29, 0.717) is 0 Å². The van der Waals surface area contributed by atoms with Gasteiger partial charge < -0.3 is 9.88 Å². The van der Waals surface area contributed by atoms with Crippen molar-refractivity contribution >= 4 is 17.4 Å². The summed E-state index contributed by atoms with van der Waals surface area (Å²) in [5.41, 5.74) is 2.44. The lowest BCUT2D eigenvalue weighted by atomic mass is 10.2. The summed E-state index contributed by atoms with van der Waals surface area (Å²) < 4.78 is 1.93. The van der Waals surface area contributed by atoms with Crippen molar-refractivity contribution < 1.29 is 0 Å². The van der Waals surface area contributed by atoms with Crippen molar-refractivity contribution in [3.8, 4) is 0 Å². The zero-order chi connectivity index (χ0) is 12.1. The van der Waals surface area contributed by atoms with Crippen LogP contribution in [0, 0.1) is 6.92 Å². The molecule has 1 N–H and O–H groups in total. The molecule has 0 radical (unpaired) electrons. The molecule has 2 aromatic rings. The Kier molecular flexibility index (Phi) is 4.03. The topological polar surface area (TPSA) is 42.7 Å². The molecule has 5 heteroatoms. The third kappa shape index (κ3) is 3.49. The lowest BCUT2D eigenvalue weighted by Gasteiger charge is -2.06. The normalized spacial score (nSPS) is 10.5. The van der Waals surface area contributed by atoms with Crippen LogP contribution in [0.5, 0.6) is 0 Å². The number of nitrogens with zero attached hydrogens (tertiary/aromatic N) is 3. The van der Waals surface area contributed by atoms with Gasteiger partial charge in [0.25, 0.3) is 0 Å².